The second-order valence-corrected chi connectivity index (χ2v) is 4.08. The van der Waals surface area contributed by atoms with Crippen LogP contribution in [0.3, 0.4) is 0 Å². The number of carbonyl (C=O) groups is 2. The van der Waals surface area contributed by atoms with E-state index in [1.807, 2.05) is 6.92 Å². The quantitative estimate of drug-likeness (QED) is 0.886. The highest BCUT2D eigenvalue weighted by Crippen LogP contribution is 2.39. The molecule has 0 saturated heterocycles. The molecule has 104 valence electrons. The van der Waals surface area contributed by atoms with Gasteiger partial charge >= 0.3 is 12.2 Å². The van der Waals surface area contributed by atoms with Gasteiger partial charge in [0.25, 0.3) is 0 Å². The van der Waals surface area contributed by atoms with Gasteiger partial charge in [0.1, 0.15) is 5.75 Å². The third kappa shape index (κ3) is 3.51. The molecule has 7 heteroatoms. The van der Waals surface area contributed by atoms with E-state index >= 15 is 0 Å². The first-order chi connectivity index (χ1) is 8.90. The molecule has 4 N–H and O–H groups in total. The van der Waals surface area contributed by atoms with E-state index in [0.29, 0.717) is 24.0 Å². The molecule has 0 atom stereocenters. The van der Waals surface area contributed by atoms with Gasteiger partial charge in [-0.1, -0.05) is 25.4 Å². The zero-order chi connectivity index (χ0) is 14.6. The number of hydrogen-bond donors (Lipinski definition) is 2. The fourth-order valence-corrected chi connectivity index (χ4v) is 2.04. The zero-order valence-electron chi connectivity index (χ0n) is 10.7. The molecule has 0 aliphatic rings. The largest absolute Gasteiger partial charge is 0.410 e. The van der Waals surface area contributed by atoms with Crippen molar-refractivity contribution in [3.05, 3.63) is 22.2 Å². The van der Waals surface area contributed by atoms with Gasteiger partial charge in [0.05, 0.1) is 5.02 Å². The predicted octanol–water partition coefficient (Wildman–Crippen LogP) is 2.38. The summed E-state index contributed by atoms with van der Waals surface area (Å²) in [7, 11) is 0. The fraction of sp³-hybridized carbons (Fsp3) is 0.333. The number of nitrogens with two attached hydrogens (primary N) is 2. The third-order valence-corrected chi connectivity index (χ3v) is 2.92. The summed E-state index contributed by atoms with van der Waals surface area (Å²) in [5, 5.41) is 0.273. The maximum absolute atomic E-state index is 10.9. The lowest BCUT2D eigenvalue weighted by atomic mass is 10.0. The normalized spacial score (nSPS) is 10.1. The van der Waals surface area contributed by atoms with Crippen LogP contribution in [0.5, 0.6) is 11.5 Å². The van der Waals surface area contributed by atoms with Crippen molar-refractivity contribution in [2.45, 2.75) is 26.7 Å². The molecule has 0 bridgehead atoms. The molecule has 1 aromatic rings. The van der Waals surface area contributed by atoms with E-state index in [2.05, 4.69) is 0 Å². The summed E-state index contributed by atoms with van der Waals surface area (Å²) in [5.41, 5.74) is 11.1. The van der Waals surface area contributed by atoms with Crippen LogP contribution in [0.25, 0.3) is 0 Å². The van der Waals surface area contributed by atoms with Gasteiger partial charge < -0.3 is 20.9 Å². The number of halogens is 1. The number of carbonyl (C=O) groups excluding carboxylic acids is 2. The van der Waals surface area contributed by atoms with E-state index < -0.39 is 12.2 Å². The van der Waals surface area contributed by atoms with Crippen LogP contribution in [0.2, 0.25) is 5.02 Å². The summed E-state index contributed by atoms with van der Waals surface area (Å²) >= 11 is 6.14. The first-order valence-electron chi connectivity index (χ1n) is 5.69. The molecule has 1 rings (SSSR count). The van der Waals surface area contributed by atoms with E-state index in [4.69, 9.17) is 32.5 Å². The second kappa shape index (κ2) is 6.29. The molecule has 0 heterocycles. The average molecular weight is 287 g/mol. The van der Waals surface area contributed by atoms with E-state index in [-0.39, 0.29) is 16.5 Å². The first kappa shape index (κ1) is 15.1. The van der Waals surface area contributed by atoms with Gasteiger partial charge in [0, 0.05) is 5.56 Å². The fourth-order valence-electron chi connectivity index (χ4n) is 1.70. The third-order valence-electron chi connectivity index (χ3n) is 2.51. The standard InChI is InChI=1S/C12H15ClN2O4/c1-3-6-5-8(18-11(14)16)7(4-2)10(9(6)13)19-12(15)17/h5H,3-4H2,1-2H3,(H2,14,16)(H2,15,17). The van der Waals surface area contributed by atoms with Gasteiger partial charge in [-0.15, -0.1) is 0 Å². The Hall–Kier alpha value is -1.95. The Morgan fingerprint density at radius 1 is 1.16 bits per heavy atom. The lowest BCUT2D eigenvalue weighted by Crippen LogP contribution is -2.20. The van der Waals surface area contributed by atoms with Crippen molar-refractivity contribution in [3.63, 3.8) is 0 Å². The number of aryl methyl sites for hydroxylation is 1. The Balaban J connectivity index is 3.46. The minimum atomic E-state index is -0.991. The van der Waals surface area contributed by atoms with Crippen LogP contribution in [-0.4, -0.2) is 12.2 Å². The Kier molecular flexibility index (Phi) is 5.00. The summed E-state index contributed by atoms with van der Waals surface area (Å²) < 4.78 is 9.81. The lowest BCUT2D eigenvalue weighted by Gasteiger charge is -2.16. The van der Waals surface area contributed by atoms with Crippen LogP contribution in [0.4, 0.5) is 9.59 Å². The number of primary amides is 2. The van der Waals surface area contributed by atoms with Gasteiger partial charge in [-0.25, -0.2) is 9.59 Å². The summed E-state index contributed by atoms with van der Waals surface area (Å²) in [6.07, 6.45) is -0.957. The summed E-state index contributed by atoms with van der Waals surface area (Å²) in [4.78, 5) is 21.8. The molecule has 0 aromatic heterocycles. The van der Waals surface area contributed by atoms with E-state index in [1.165, 1.54) is 0 Å². The number of rotatable bonds is 4. The molecule has 0 unspecified atom stereocenters. The molecule has 0 aliphatic carbocycles. The van der Waals surface area contributed by atoms with Gasteiger partial charge in [-0.2, -0.15) is 0 Å². The van der Waals surface area contributed by atoms with Crippen molar-refractivity contribution in [1.82, 2.24) is 0 Å². The van der Waals surface area contributed by atoms with E-state index in [9.17, 15) is 9.59 Å². The maximum Gasteiger partial charge on any atom is 0.410 e. The number of benzene rings is 1. The Bertz CT molecular complexity index is 517. The molecule has 6 nitrogen and oxygen atoms in total. The second-order valence-electron chi connectivity index (χ2n) is 3.70. The maximum atomic E-state index is 10.9. The molecule has 0 fully saturated rings. The zero-order valence-corrected chi connectivity index (χ0v) is 11.4. The number of ether oxygens (including phenoxy) is 2. The lowest BCUT2D eigenvalue weighted by molar-refractivity contribution is 0.208. The molecule has 0 radical (unpaired) electrons. The van der Waals surface area contributed by atoms with Gasteiger partial charge in [-0.05, 0) is 24.5 Å². The number of amides is 2. The predicted molar refractivity (Wildman–Crippen MR) is 70.6 cm³/mol. The van der Waals surface area contributed by atoms with Crippen LogP contribution in [0, 0.1) is 0 Å². The van der Waals surface area contributed by atoms with Crippen molar-refractivity contribution >= 4 is 23.8 Å². The van der Waals surface area contributed by atoms with Crippen molar-refractivity contribution in [2.75, 3.05) is 0 Å². The van der Waals surface area contributed by atoms with Crippen LogP contribution < -0.4 is 20.9 Å². The van der Waals surface area contributed by atoms with Gasteiger partial charge in [-0.3, -0.25) is 0 Å². The summed E-state index contributed by atoms with van der Waals surface area (Å²) in [5.74, 6) is 0.319. The minimum Gasteiger partial charge on any atom is -0.410 e. The van der Waals surface area contributed by atoms with E-state index in [0.717, 1.165) is 0 Å². The van der Waals surface area contributed by atoms with E-state index in [1.54, 1.807) is 13.0 Å². The van der Waals surface area contributed by atoms with Crippen molar-refractivity contribution < 1.29 is 19.1 Å². The Labute approximate surface area is 115 Å². The topological polar surface area (TPSA) is 105 Å². The van der Waals surface area contributed by atoms with Crippen LogP contribution in [0.15, 0.2) is 6.07 Å². The van der Waals surface area contributed by atoms with Crippen molar-refractivity contribution in [2.24, 2.45) is 11.5 Å². The highest BCUT2D eigenvalue weighted by molar-refractivity contribution is 6.33. The molecular weight excluding hydrogens is 272 g/mol. The van der Waals surface area contributed by atoms with Gasteiger partial charge in [0.15, 0.2) is 5.75 Å². The Morgan fingerprint density at radius 2 is 1.74 bits per heavy atom. The van der Waals surface area contributed by atoms with Crippen LogP contribution >= 0.6 is 11.6 Å². The SMILES string of the molecule is CCc1cc(OC(N)=O)c(CC)c(OC(N)=O)c1Cl. The highest BCUT2D eigenvalue weighted by atomic mass is 35.5. The molecule has 2 amide bonds. The average Bonchev–Trinajstić information content (AvgIpc) is 2.32. The molecular formula is C12H15ClN2O4. The summed E-state index contributed by atoms with van der Waals surface area (Å²) in [6.45, 7) is 3.65. The first-order valence-corrected chi connectivity index (χ1v) is 6.07. The molecule has 0 aliphatic heterocycles. The molecule has 0 spiro atoms. The smallest absolute Gasteiger partial charge is 0.410 e. The molecule has 1 aromatic carbocycles. The van der Waals surface area contributed by atoms with Crippen molar-refractivity contribution in [3.8, 4) is 11.5 Å². The van der Waals surface area contributed by atoms with Crippen molar-refractivity contribution in [1.29, 1.82) is 0 Å². The Morgan fingerprint density at radius 3 is 2.16 bits per heavy atom. The molecule has 19 heavy (non-hydrogen) atoms. The monoisotopic (exact) mass is 286 g/mol. The molecule has 0 saturated carbocycles. The number of hydrogen-bond acceptors (Lipinski definition) is 4. The van der Waals surface area contributed by atoms with Gasteiger partial charge in [0.2, 0.25) is 0 Å². The minimum absolute atomic E-state index is 0.104. The van der Waals surface area contributed by atoms with Crippen LogP contribution in [-0.2, 0) is 12.8 Å². The highest BCUT2D eigenvalue weighted by Gasteiger charge is 2.20. The van der Waals surface area contributed by atoms with Crippen LogP contribution in [0.1, 0.15) is 25.0 Å². The summed E-state index contributed by atoms with van der Waals surface area (Å²) in [6, 6.07) is 1.60.